The molecule has 0 aliphatic carbocycles. The molecule has 0 atom stereocenters. The van der Waals surface area contributed by atoms with Gasteiger partial charge in [0, 0.05) is 0 Å². The lowest BCUT2D eigenvalue weighted by Gasteiger charge is -1.97. The molecule has 0 amide bonds. The number of halogens is 1. The number of ketones is 1. The molecule has 0 saturated carbocycles. The third-order valence-electron chi connectivity index (χ3n) is 1.97. The van der Waals surface area contributed by atoms with Gasteiger partial charge in [-0.1, -0.05) is 28.1 Å². The average molecular weight is 254 g/mol. The highest BCUT2D eigenvalue weighted by Crippen LogP contribution is 2.13. The maximum absolute atomic E-state index is 11.4. The van der Waals surface area contributed by atoms with Gasteiger partial charge in [0.2, 0.25) is 5.78 Å². The van der Waals surface area contributed by atoms with Gasteiger partial charge in [0.1, 0.15) is 0 Å². The van der Waals surface area contributed by atoms with Crippen LogP contribution in [-0.4, -0.2) is 20.8 Å². The Kier molecular flexibility index (Phi) is 2.25. The number of carbonyl (C=O) groups is 1. The summed E-state index contributed by atoms with van der Waals surface area (Å²) in [5, 5.41) is 0.230. The fourth-order valence-corrected chi connectivity index (χ4v) is 1.55. The Bertz CT molecular complexity index is 492. The summed E-state index contributed by atoms with van der Waals surface area (Å²) >= 11 is 3.08. The number of para-hydroxylation sites is 2. The molecule has 0 unspecified atom stereocenters. The smallest absolute Gasteiger partial charge is 0.210 e. The van der Waals surface area contributed by atoms with E-state index in [0.717, 1.165) is 11.0 Å². The second-order valence-electron chi connectivity index (χ2n) is 2.85. The van der Waals surface area contributed by atoms with Crippen molar-refractivity contribution in [3.8, 4) is 0 Å². The summed E-state index contributed by atoms with van der Waals surface area (Å²) in [6, 6.07) is 7.37. The van der Waals surface area contributed by atoms with Gasteiger partial charge in [0.25, 0.3) is 0 Å². The second-order valence-corrected chi connectivity index (χ2v) is 3.41. The Labute approximate surface area is 88.8 Å². The fourth-order valence-electron chi connectivity index (χ4n) is 1.30. The van der Waals surface area contributed by atoms with Gasteiger partial charge >= 0.3 is 0 Å². The molecular formula is C9H8BrN3O. The number of imidazole rings is 1. The van der Waals surface area contributed by atoms with Crippen LogP contribution in [-0.2, 0) is 0 Å². The van der Waals surface area contributed by atoms with Crippen LogP contribution in [0.1, 0.15) is 10.6 Å². The first-order valence-corrected chi connectivity index (χ1v) is 5.18. The first kappa shape index (κ1) is 9.21. The highest BCUT2D eigenvalue weighted by atomic mass is 79.9. The lowest BCUT2D eigenvalue weighted by Crippen LogP contribution is -2.17. The third kappa shape index (κ3) is 1.29. The number of aromatic nitrogens is 2. The van der Waals surface area contributed by atoms with Crippen LogP contribution in [0.15, 0.2) is 24.3 Å². The molecule has 0 bridgehead atoms. The highest BCUT2D eigenvalue weighted by Gasteiger charge is 2.13. The molecule has 0 spiro atoms. The van der Waals surface area contributed by atoms with Gasteiger partial charge in [0.05, 0.1) is 16.4 Å². The van der Waals surface area contributed by atoms with Gasteiger partial charge < -0.3 is 5.84 Å². The highest BCUT2D eigenvalue weighted by molar-refractivity contribution is 9.09. The Hall–Kier alpha value is -1.36. The van der Waals surface area contributed by atoms with Gasteiger partial charge in [-0.15, -0.1) is 0 Å². The van der Waals surface area contributed by atoms with E-state index in [9.17, 15) is 4.79 Å². The summed E-state index contributed by atoms with van der Waals surface area (Å²) in [7, 11) is 0. The van der Waals surface area contributed by atoms with E-state index in [2.05, 4.69) is 20.9 Å². The summed E-state index contributed by atoms with van der Waals surface area (Å²) in [6.07, 6.45) is 0. The SMILES string of the molecule is Nn1c(C(=O)CBr)nc2ccccc21. The molecule has 5 heteroatoms. The van der Waals surface area contributed by atoms with Gasteiger partial charge in [-0.05, 0) is 12.1 Å². The van der Waals surface area contributed by atoms with Crippen molar-refractivity contribution < 1.29 is 4.79 Å². The lowest BCUT2D eigenvalue weighted by atomic mass is 10.3. The molecule has 0 aliphatic heterocycles. The van der Waals surface area contributed by atoms with Crippen molar-refractivity contribution in [1.29, 1.82) is 0 Å². The first-order chi connectivity index (χ1) is 6.74. The standard InChI is InChI=1S/C9H8BrN3O/c10-5-8(14)9-12-6-3-1-2-4-7(6)13(9)11/h1-4H,5,11H2. The molecule has 4 nitrogen and oxygen atoms in total. The van der Waals surface area contributed by atoms with Crippen molar-refractivity contribution in [2.24, 2.45) is 0 Å². The predicted molar refractivity (Wildman–Crippen MR) is 58.0 cm³/mol. The van der Waals surface area contributed by atoms with E-state index in [-0.39, 0.29) is 16.9 Å². The molecule has 2 aromatic rings. The quantitative estimate of drug-likeness (QED) is 0.499. The van der Waals surface area contributed by atoms with Crippen LogP contribution in [0, 0.1) is 0 Å². The van der Waals surface area contributed by atoms with Crippen molar-refractivity contribution in [3.63, 3.8) is 0 Å². The summed E-state index contributed by atoms with van der Waals surface area (Å²) in [6.45, 7) is 0. The molecular weight excluding hydrogens is 246 g/mol. The number of nitrogen functional groups attached to an aromatic ring is 1. The predicted octanol–water partition coefficient (Wildman–Crippen LogP) is 1.33. The van der Waals surface area contributed by atoms with E-state index in [4.69, 9.17) is 5.84 Å². The summed E-state index contributed by atoms with van der Waals surface area (Å²) in [5.74, 6) is 5.89. The minimum Gasteiger partial charge on any atom is -0.337 e. The molecule has 0 aliphatic rings. The number of hydrogen-bond acceptors (Lipinski definition) is 3. The van der Waals surface area contributed by atoms with Crippen LogP contribution in [0.2, 0.25) is 0 Å². The largest absolute Gasteiger partial charge is 0.337 e. The molecule has 2 N–H and O–H groups in total. The summed E-state index contributed by atoms with van der Waals surface area (Å²) < 4.78 is 1.32. The molecule has 0 saturated heterocycles. The zero-order chi connectivity index (χ0) is 10.1. The molecule has 1 aromatic carbocycles. The molecule has 14 heavy (non-hydrogen) atoms. The van der Waals surface area contributed by atoms with E-state index in [1.165, 1.54) is 4.68 Å². The Morgan fingerprint density at radius 1 is 1.50 bits per heavy atom. The molecule has 0 radical (unpaired) electrons. The fraction of sp³-hybridized carbons (Fsp3) is 0.111. The normalized spacial score (nSPS) is 10.6. The van der Waals surface area contributed by atoms with Crippen molar-refractivity contribution in [3.05, 3.63) is 30.1 Å². The number of alkyl halides is 1. The summed E-state index contributed by atoms with van der Waals surface area (Å²) in [4.78, 5) is 15.5. The van der Waals surface area contributed by atoms with Gasteiger partial charge in [0.15, 0.2) is 5.82 Å². The zero-order valence-corrected chi connectivity index (χ0v) is 8.86. The lowest BCUT2D eigenvalue weighted by molar-refractivity contribution is 0.101. The van der Waals surface area contributed by atoms with Crippen LogP contribution in [0.5, 0.6) is 0 Å². The number of rotatable bonds is 2. The van der Waals surface area contributed by atoms with E-state index in [0.29, 0.717) is 0 Å². The number of Topliss-reactive ketones (excluding diaryl/α,β-unsaturated/α-hetero) is 1. The van der Waals surface area contributed by atoms with Crippen LogP contribution in [0.4, 0.5) is 0 Å². The Morgan fingerprint density at radius 2 is 2.21 bits per heavy atom. The number of benzene rings is 1. The minimum atomic E-state index is -0.122. The maximum atomic E-state index is 11.4. The number of nitrogens with zero attached hydrogens (tertiary/aromatic N) is 2. The van der Waals surface area contributed by atoms with Crippen molar-refractivity contribution >= 4 is 32.7 Å². The molecule has 0 fully saturated rings. The summed E-state index contributed by atoms with van der Waals surface area (Å²) in [5.41, 5.74) is 1.50. The second kappa shape index (κ2) is 3.42. The first-order valence-electron chi connectivity index (χ1n) is 4.05. The van der Waals surface area contributed by atoms with Crippen LogP contribution in [0.3, 0.4) is 0 Å². The molecule has 2 rings (SSSR count). The third-order valence-corrected chi connectivity index (χ3v) is 2.48. The number of hydrogen-bond donors (Lipinski definition) is 1. The number of nitrogens with two attached hydrogens (primary N) is 1. The number of fused-ring (bicyclic) bond motifs is 1. The van der Waals surface area contributed by atoms with Crippen molar-refractivity contribution in [2.75, 3.05) is 11.2 Å². The maximum Gasteiger partial charge on any atom is 0.210 e. The Balaban J connectivity index is 2.68. The number of carbonyl (C=O) groups excluding carboxylic acids is 1. The van der Waals surface area contributed by atoms with E-state index in [1.54, 1.807) is 0 Å². The van der Waals surface area contributed by atoms with Gasteiger partial charge in [-0.3, -0.25) is 4.79 Å². The van der Waals surface area contributed by atoms with Crippen molar-refractivity contribution in [1.82, 2.24) is 9.66 Å². The van der Waals surface area contributed by atoms with E-state index in [1.807, 2.05) is 24.3 Å². The monoisotopic (exact) mass is 253 g/mol. The van der Waals surface area contributed by atoms with Crippen LogP contribution < -0.4 is 5.84 Å². The van der Waals surface area contributed by atoms with Gasteiger partial charge in [-0.2, -0.15) is 0 Å². The Morgan fingerprint density at radius 3 is 2.86 bits per heavy atom. The average Bonchev–Trinajstić information content (AvgIpc) is 2.56. The minimum absolute atomic E-state index is 0.122. The topological polar surface area (TPSA) is 60.9 Å². The van der Waals surface area contributed by atoms with E-state index < -0.39 is 0 Å². The molecule has 1 aromatic heterocycles. The van der Waals surface area contributed by atoms with Gasteiger partial charge in [-0.25, -0.2) is 9.66 Å². The van der Waals surface area contributed by atoms with Crippen LogP contribution in [0.25, 0.3) is 11.0 Å². The zero-order valence-electron chi connectivity index (χ0n) is 7.27. The van der Waals surface area contributed by atoms with E-state index >= 15 is 0 Å². The van der Waals surface area contributed by atoms with Crippen LogP contribution >= 0.6 is 15.9 Å². The molecule has 1 heterocycles. The van der Waals surface area contributed by atoms with Crippen molar-refractivity contribution in [2.45, 2.75) is 0 Å². The molecule has 72 valence electrons.